The maximum Gasteiger partial charge on any atom is 0.246 e. The fourth-order valence-corrected chi connectivity index (χ4v) is 4.92. The highest BCUT2D eigenvalue weighted by Crippen LogP contribution is 2.57. The van der Waals surface area contributed by atoms with Crippen LogP contribution < -0.4 is 14.8 Å². The second-order valence-corrected chi connectivity index (χ2v) is 9.45. The van der Waals surface area contributed by atoms with E-state index in [-0.39, 0.29) is 57.7 Å². The Morgan fingerprint density at radius 3 is 2.56 bits per heavy atom. The fourth-order valence-electron chi connectivity index (χ4n) is 4.92. The van der Waals surface area contributed by atoms with E-state index in [1.807, 2.05) is 12.1 Å². The van der Waals surface area contributed by atoms with Gasteiger partial charge in [0.05, 0.1) is 30.4 Å². The topological polar surface area (TPSA) is 161 Å². The summed E-state index contributed by atoms with van der Waals surface area (Å²) in [4.78, 5) is 43.6. The second kappa shape index (κ2) is 9.12. The molecule has 2 heterocycles. The molecule has 200 valence electrons. The van der Waals surface area contributed by atoms with E-state index in [1.54, 1.807) is 19.1 Å². The Balaban J connectivity index is 1.49. The lowest BCUT2D eigenvalue weighted by atomic mass is 9.70. The molecule has 0 unspecified atom stereocenters. The van der Waals surface area contributed by atoms with E-state index in [9.17, 15) is 24.6 Å². The summed E-state index contributed by atoms with van der Waals surface area (Å²) in [5.41, 5.74) is -0.993. The number of phenolic OH excluding ortho intramolecular Hbond substituents is 2. The van der Waals surface area contributed by atoms with Crippen molar-refractivity contribution in [3.63, 3.8) is 0 Å². The third kappa shape index (κ3) is 3.77. The van der Waals surface area contributed by atoms with E-state index in [1.165, 1.54) is 27.9 Å². The predicted octanol–water partition coefficient (Wildman–Crippen LogP) is 3.42. The van der Waals surface area contributed by atoms with Gasteiger partial charge in [0.2, 0.25) is 11.7 Å². The molecule has 3 aromatic rings. The maximum absolute atomic E-state index is 13.9. The monoisotopic (exact) mass is 531 g/mol. The molecule has 0 saturated heterocycles. The number of carbonyl (C=O) groups excluding carboxylic acids is 3. The second-order valence-electron chi connectivity index (χ2n) is 9.45. The van der Waals surface area contributed by atoms with Gasteiger partial charge in [0, 0.05) is 17.3 Å². The van der Waals surface area contributed by atoms with Crippen molar-refractivity contribution in [3.8, 4) is 34.4 Å². The van der Waals surface area contributed by atoms with Crippen LogP contribution in [-0.2, 0) is 21.5 Å². The van der Waals surface area contributed by atoms with E-state index in [2.05, 4.69) is 15.5 Å². The van der Waals surface area contributed by atoms with Crippen LogP contribution in [0, 0.1) is 6.92 Å². The first-order valence-electron chi connectivity index (χ1n) is 12.0. The normalized spacial score (nSPS) is 19.2. The van der Waals surface area contributed by atoms with Crippen LogP contribution in [0.25, 0.3) is 11.4 Å². The number of methoxy groups -OCH3 is 1. The number of carbonyl (C=O) groups is 3. The van der Waals surface area contributed by atoms with Gasteiger partial charge in [0.25, 0.3) is 0 Å². The highest BCUT2D eigenvalue weighted by Gasteiger charge is 2.56. The fraction of sp³-hybridized carbons (Fsp3) is 0.250. The number of benzene rings is 2. The van der Waals surface area contributed by atoms with Gasteiger partial charge in [-0.3, -0.25) is 14.4 Å². The third-order valence-electron chi connectivity index (χ3n) is 7.08. The number of hydrogen-bond donors (Lipinski definition) is 3. The van der Waals surface area contributed by atoms with Gasteiger partial charge in [-0.05, 0) is 39.8 Å². The average Bonchev–Trinajstić information content (AvgIpc) is 3.49. The molecule has 0 radical (unpaired) electrons. The molecule has 1 aliphatic heterocycles. The van der Waals surface area contributed by atoms with Crippen molar-refractivity contribution in [1.29, 1.82) is 0 Å². The summed E-state index contributed by atoms with van der Waals surface area (Å²) in [7, 11) is 1.54. The number of nitrogens with one attached hydrogen (secondary N) is 1. The molecule has 5 rings (SSSR count). The number of fused-ring (bicyclic) bond motifs is 3. The lowest BCUT2D eigenvalue weighted by Crippen LogP contribution is -2.41. The number of ketones is 3. The van der Waals surface area contributed by atoms with Gasteiger partial charge < -0.3 is 29.5 Å². The third-order valence-corrected chi connectivity index (χ3v) is 7.08. The minimum Gasteiger partial charge on any atom is -0.507 e. The molecule has 0 spiro atoms. The molecule has 11 nitrogen and oxygen atoms in total. The zero-order valence-corrected chi connectivity index (χ0v) is 21.8. The minimum atomic E-state index is -1.60. The van der Waals surface area contributed by atoms with Gasteiger partial charge in [-0.1, -0.05) is 17.3 Å². The van der Waals surface area contributed by atoms with Gasteiger partial charge >= 0.3 is 0 Å². The number of hydrogen-bond acceptors (Lipinski definition) is 11. The van der Waals surface area contributed by atoms with Crippen LogP contribution in [0.3, 0.4) is 0 Å². The molecule has 1 aliphatic carbocycles. The molecular weight excluding hydrogens is 506 g/mol. The highest BCUT2D eigenvalue weighted by atomic mass is 16.5. The molecule has 39 heavy (non-hydrogen) atoms. The van der Waals surface area contributed by atoms with Crippen LogP contribution in [0.15, 0.2) is 51.9 Å². The standard InChI is InChI=1S/C28H25N3O8/c1-12-23(34)21(14(3)32)25-22(24(12)35)28(4)18(38-25)10-16(33)20(26(28)36)13(2)29-11-19-30-27(31-39-19)15-8-6-7-9-17(15)37-5/h6-10,29,34-35H,11H2,1-5H3/b20-13+/t28-/m1/s1. The van der Waals surface area contributed by atoms with Crippen LogP contribution in [0.5, 0.6) is 23.0 Å². The van der Waals surface area contributed by atoms with E-state index in [0.717, 1.165) is 6.08 Å². The molecule has 1 aromatic heterocycles. The number of aromatic nitrogens is 2. The zero-order valence-electron chi connectivity index (χ0n) is 21.8. The molecule has 0 saturated carbocycles. The van der Waals surface area contributed by atoms with Gasteiger partial charge in [-0.2, -0.15) is 4.98 Å². The molecule has 11 heteroatoms. The molecular formula is C28H25N3O8. The number of phenols is 2. The minimum absolute atomic E-state index is 0.0190. The van der Waals surface area contributed by atoms with Gasteiger partial charge in [-0.15, -0.1) is 0 Å². The quantitative estimate of drug-likeness (QED) is 0.243. The Morgan fingerprint density at radius 1 is 1.15 bits per heavy atom. The number of para-hydroxylation sites is 1. The largest absolute Gasteiger partial charge is 0.507 e. The Labute approximate surface area is 222 Å². The number of allylic oxidation sites excluding steroid dienone is 4. The predicted molar refractivity (Wildman–Crippen MR) is 136 cm³/mol. The van der Waals surface area contributed by atoms with E-state index >= 15 is 0 Å². The summed E-state index contributed by atoms with van der Waals surface area (Å²) in [6.07, 6.45) is 1.16. The number of rotatable bonds is 6. The molecule has 2 aromatic carbocycles. The first-order chi connectivity index (χ1) is 18.5. The lowest BCUT2D eigenvalue weighted by molar-refractivity contribution is -0.123. The van der Waals surface area contributed by atoms with Crippen LogP contribution in [0.4, 0.5) is 0 Å². The summed E-state index contributed by atoms with van der Waals surface area (Å²) in [5, 5.41) is 28.4. The summed E-state index contributed by atoms with van der Waals surface area (Å²) < 4.78 is 16.4. The maximum atomic E-state index is 13.9. The SMILES string of the molecule is COc1ccccc1-c1noc(CN/C(C)=C2\C(=O)C=C3Oc4c(C(C)=O)c(O)c(C)c(O)c4[C@]3(C)C2=O)n1. The Bertz CT molecular complexity index is 1650. The van der Waals surface area contributed by atoms with Crippen LogP contribution in [-0.4, -0.2) is 44.8 Å². The van der Waals surface area contributed by atoms with Gasteiger partial charge in [-0.25, -0.2) is 0 Å². The number of Topliss-reactive ketones (excluding diaryl/α,β-unsaturated/α-hetero) is 2. The van der Waals surface area contributed by atoms with Gasteiger partial charge in [0.15, 0.2) is 17.3 Å². The van der Waals surface area contributed by atoms with E-state index in [0.29, 0.717) is 17.1 Å². The number of nitrogens with zero attached hydrogens (tertiary/aromatic N) is 2. The first-order valence-corrected chi connectivity index (χ1v) is 12.0. The Hall–Kier alpha value is -4.93. The Morgan fingerprint density at radius 2 is 1.87 bits per heavy atom. The molecule has 3 N–H and O–H groups in total. The summed E-state index contributed by atoms with van der Waals surface area (Å²) >= 11 is 0. The van der Waals surface area contributed by atoms with Crippen molar-refractivity contribution < 1.29 is 38.6 Å². The van der Waals surface area contributed by atoms with Crippen LogP contribution in [0.1, 0.15) is 48.1 Å². The number of ether oxygens (including phenoxy) is 2. The van der Waals surface area contributed by atoms with Crippen molar-refractivity contribution in [1.82, 2.24) is 15.5 Å². The average molecular weight is 532 g/mol. The highest BCUT2D eigenvalue weighted by molar-refractivity contribution is 6.31. The van der Waals surface area contributed by atoms with Crippen LogP contribution >= 0.6 is 0 Å². The van der Waals surface area contributed by atoms with Crippen molar-refractivity contribution in [2.75, 3.05) is 7.11 Å². The summed E-state index contributed by atoms with van der Waals surface area (Å²) in [5.74, 6) is -1.68. The Kier molecular flexibility index (Phi) is 6.01. The molecule has 0 fully saturated rings. The summed E-state index contributed by atoms with van der Waals surface area (Å²) in [6.45, 7) is 5.74. The summed E-state index contributed by atoms with van der Waals surface area (Å²) in [6, 6.07) is 7.19. The number of aromatic hydroxyl groups is 2. The molecule has 2 aliphatic rings. The van der Waals surface area contributed by atoms with Crippen molar-refractivity contribution in [2.45, 2.75) is 39.7 Å². The van der Waals surface area contributed by atoms with Crippen molar-refractivity contribution in [3.05, 3.63) is 70.0 Å². The van der Waals surface area contributed by atoms with E-state index < -0.39 is 28.5 Å². The van der Waals surface area contributed by atoms with E-state index in [4.69, 9.17) is 14.0 Å². The first kappa shape index (κ1) is 25.7. The molecule has 0 amide bonds. The lowest BCUT2D eigenvalue weighted by Gasteiger charge is -2.29. The van der Waals surface area contributed by atoms with Crippen LogP contribution in [0.2, 0.25) is 0 Å². The van der Waals surface area contributed by atoms with Crippen molar-refractivity contribution in [2.24, 2.45) is 0 Å². The zero-order chi connectivity index (χ0) is 28.2. The molecule has 1 atom stereocenters. The van der Waals surface area contributed by atoms with Gasteiger partial charge in [0.1, 0.15) is 39.7 Å². The molecule has 0 bridgehead atoms. The smallest absolute Gasteiger partial charge is 0.246 e. The van der Waals surface area contributed by atoms with Crippen molar-refractivity contribution >= 4 is 17.3 Å².